The first-order valence-corrected chi connectivity index (χ1v) is 3.19. The molecule has 5 heteroatoms. The molecule has 11 heavy (non-hydrogen) atoms. The topological polar surface area (TPSA) is 29.5 Å². The van der Waals surface area contributed by atoms with Crippen LogP contribution in [-0.4, -0.2) is 31.1 Å². The molecule has 1 atom stereocenters. The molecule has 0 spiro atoms. The molecule has 0 aromatic heterocycles. The molecule has 1 unspecified atom stereocenters. The normalized spacial score (nSPS) is 15.0. The minimum Gasteiger partial charge on any atom is -0.393 e. The Bertz CT molecular complexity index is 102. The van der Waals surface area contributed by atoms with Crippen molar-refractivity contribution in [3.8, 4) is 0 Å². The lowest BCUT2D eigenvalue weighted by Gasteiger charge is -2.11. The number of halogens is 3. The molecule has 0 aromatic rings. The number of rotatable bonds is 4. The fraction of sp³-hybridized carbons (Fsp3) is 1.00. The van der Waals surface area contributed by atoms with E-state index in [0.717, 1.165) is 0 Å². The van der Waals surface area contributed by atoms with Crippen molar-refractivity contribution < 1.29 is 23.0 Å². The zero-order valence-corrected chi connectivity index (χ0v) is 6.19. The number of hydrogen-bond acceptors (Lipinski definition) is 2. The summed E-state index contributed by atoms with van der Waals surface area (Å²) >= 11 is 0. The van der Waals surface area contributed by atoms with E-state index in [1.165, 1.54) is 7.11 Å². The first-order chi connectivity index (χ1) is 4.95. The lowest BCUT2D eigenvalue weighted by molar-refractivity contribution is -0.154. The van der Waals surface area contributed by atoms with Gasteiger partial charge in [0.2, 0.25) is 0 Å². The molecule has 0 heterocycles. The fourth-order valence-electron chi connectivity index (χ4n) is 0.623. The van der Waals surface area contributed by atoms with Crippen molar-refractivity contribution in [3.05, 3.63) is 0 Å². The highest BCUT2D eigenvalue weighted by molar-refractivity contribution is 4.60. The standard InChI is InChI=1S/C6H11F3O2/c1-11-3-2-5(10)4-6(7,8)9/h5,10H,2-4H2,1H3. The molecule has 0 aromatic carbocycles. The zero-order valence-electron chi connectivity index (χ0n) is 6.19. The fourth-order valence-corrected chi connectivity index (χ4v) is 0.623. The van der Waals surface area contributed by atoms with Crippen LogP contribution in [0, 0.1) is 0 Å². The van der Waals surface area contributed by atoms with Crippen LogP contribution in [0.5, 0.6) is 0 Å². The molecule has 68 valence electrons. The van der Waals surface area contributed by atoms with Crippen LogP contribution in [0.1, 0.15) is 12.8 Å². The Morgan fingerprint density at radius 2 is 2.00 bits per heavy atom. The van der Waals surface area contributed by atoms with Crippen LogP contribution in [0.15, 0.2) is 0 Å². The molecule has 0 amide bonds. The molecule has 0 aliphatic carbocycles. The molecule has 0 aliphatic rings. The Kier molecular flexibility index (Phi) is 4.44. The van der Waals surface area contributed by atoms with Gasteiger partial charge in [0, 0.05) is 13.7 Å². The quantitative estimate of drug-likeness (QED) is 0.693. The van der Waals surface area contributed by atoms with E-state index in [1.807, 2.05) is 0 Å². The molecule has 1 N–H and O–H groups in total. The van der Waals surface area contributed by atoms with E-state index in [2.05, 4.69) is 4.74 Å². The van der Waals surface area contributed by atoms with Gasteiger partial charge < -0.3 is 9.84 Å². The Balaban J connectivity index is 3.44. The third-order valence-electron chi connectivity index (χ3n) is 1.12. The van der Waals surface area contributed by atoms with Crippen LogP contribution in [0.25, 0.3) is 0 Å². The summed E-state index contributed by atoms with van der Waals surface area (Å²) in [5.74, 6) is 0. The summed E-state index contributed by atoms with van der Waals surface area (Å²) in [5, 5.41) is 8.72. The summed E-state index contributed by atoms with van der Waals surface area (Å²) in [7, 11) is 1.38. The van der Waals surface area contributed by atoms with Gasteiger partial charge in [-0.25, -0.2) is 0 Å². The molecule has 0 bridgehead atoms. The third kappa shape index (κ3) is 7.61. The summed E-state index contributed by atoms with van der Waals surface area (Å²) in [6, 6.07) is 0. The molecule has 0 saturated carbocycles. The number of aliphatic hydroxyl groups excluding tert-OH is 1. The molecular weight excluding hydrogens is 161 g/mol. The van der Waals surface area contributed by atoms with E-state index in [9.17, 15) is 13.2 Å². The van der Waals surface area contributed by atoms with E-state index in [1.54, 1.807) is 0 Å². The predicted octanol–water partition coefficient (Wildman–Crippen LogP) is 1.34. The minimum absolute atomic E-state index is 0.0238. The van der Waals surface area contributed by atoms with Gasteiger partial charge in [-0.1, -0.05) is 0 Å². The Labute approximate surface area is 63.0 Å². The molecule has 0 radical (unpaired) electrons. The maximum atomic E-state index is 11.5. The molecular formula is C6H11F3O2. The van der Waals surface area contributed by atoms with Crippen molar-refractivity contribution in [1.82, 2.24) is 0 Å². The monoisotopic (exact) mass is 172 g/mol. The number of methoxy groups -OCH3 is 1. The molecule has 0 aliphatic heterocycles. The van der Waals surface area contributed by atoms with Crippen molar-refractivity contribution >= 4 is 0 Å². The highest BCUT2D eigenvalue weighted by Gasteiger charge is 2.30. The van der Waals surface area contributed by atoms with Gasteiger partial charge >= 0.3 is 6.18 Å². The lowest BCUT2D eigenvalue weighted by Crippen LogP contribution is -2.20. The highest BCUT2D eigenvalue weighted by atomic mass is 19.4. The first-order valence-electron chi connectivity index (χ1n) is 3.19. The second kappa shape index (κ2) is 4.56. The van der Waals surface area contributed by atoms with Gasteiger partial charge in [-0.2, -0.15) is 13.2 Å². The second-order valence-corrected chi connectivity index (χ2v) is 2.25. The summed E-state index contributed by atoms with van der Waals surface area (Å²) in [4.78, 5) is 0. The molecule has 2 nitrogen and oxygen atoms in total. The van der Waals surface area contributed by atoms with Crippen molar-refractivity contribution in [2.45, 2.75) is 25.1 Å². The Morgan fingerprint density at radius 3 is 2.36 bits per heavy atom. The number of hydrogen-bond donors (Lipinski definition) is 1. The summed E-state index contributed by atoms with van der Waals surface area (Å²) in [6.45, 7) is 0.150. The largest absolute Gasteiger partial charge is 0.393 e. The minimum atomic E-state index is -4.28. The van der Waals surface area contributed by atoms with Gasteiger partial charge in [0.25, 0.3) is 0 Å². The van der Waals surface area contributed by atoms with Crippen molar-refractivity contribution in [1.29, 1.82) is 0 Å². The van der Waals surface area contributed by atoms with Crippen LogP contribution in [0.4, 0.5) is 13.2 Å². The van der Waals surface area contributed by atoms with Crippen molar-refractivity contribution in [3.63, 3.8) is 0 Å². The van der Waals surface area contributed by atoms with E-state index in [-0.39, 0.29) is 13.0 Å². The van der Waals surface area contributed by atoms with E-state index < -0.39 is 18.7 Å². The summed E-state index contributed by atoms with van der Waals surface area (Å²) < 4.78 is 39.1. The molecule has 0 rings (SSSR count). The van der Waals surface area contributed by atoms with Crippen molar-refractivity contribution in [2.75, 3.05) is 13.7 Å². The smallest absolute Gasteiger partial charge is 0.391 e. The summed E-state index contributed by atoms with van der Waals surface area (Å²) in [5.41, 5.74) is 0. The van der Waals surface area contributed by atoms with Crippen LogP contribution < -0.4 is 0 Å². The van der Waals surface area contributed by atoms with Gasteiger partial charge in [-0.3, -0.25) is 0 Å². The second-order valence-electron chi connectivity index (χ2n) is 2.25. The van der Waals surface area contributed by atoms with Crippen LogP contribution in [-0.2, 0) is 4.74 Å². The van der Waals surface area contributed by atoms with E-state index >= 15 is 0 Å². The average Bonchev–Trinajstić information content (AvgIpc) is 1.79. The van der Waals surface area contributed by atoms with Crippen LogP contribution >= 0.6 is 0 Å². The zero-order chi connectivity index (χ0) is 8.91. The number of alkyl halides is 3. The average molecular weight is 172 g/mol. The SMILES string of the molecule is COCCC(O)CC(F)(F)F. The summed E-state index contributed by atoms with van der Waals surface area (Å²) in [6.07, 6.45) is -6.76. The third-order valence-corrected chi connectivity index (χ3v) is 1.12. The number of aliphatic hydroxyl groups is 1. The Hall–Kier alpha value is -0.290. The van der Waals surface area contributed by atoms with Crippen LogP contribution in [0.2, 0.25) is 0 Å². The highest BCUT2D eigenvalue weighted by Crippen LogP contribution is 2.22. The Morgan fingerprint density at radius 1 is 1.45 bits per heavy atom. The van der Waals surface area contributed by atoms with Crippen LogP contribution in [0.3, 0.4) is 0 Å². The maximum absolute atomic E-state index is 11.5. The van der Waals surface area contributed by atoms with Gasteiger partial charge in [-0.05, 0) is 6.42 Å². The predicted molar refractivity (Wildman–Crippen MR) is 33.2 cm³/mol. The van der Waals surface area contributed by atoms with Gasteiger partial charge in [-0.15, -0.1) is 0 Å². The lowest BCUT2D eigenvalue weighted by atomic mass is 10.2. The van der Waals surface area contributed by atoms with Gasteiger partial charge in [0.1, 0.15) is 0 Å². The van der Waals surface area contributed by atoms with E-state index in [0.29, 0.717) is 0 Å². The van der Waals surface area contributed by atoms with Gasteiger partial charge in [0.15, 0.2) is 0 Å². The molecule has 0 saturated heterocycles. The first kappa shape index (κ1) is 10.7. The van der Waals surface area contributed by atoms with Gasteiger partial charge in [0.05, 0.1) is 12.5 Å². The molecule has 0 fully saturated rings. The van der Waals surface area contributed by atoms with E-state index in [4.69, 9.17) is 5.11 Å². The maximum Gasteiger partial charge on any atom is 0.391 e. The van der Waals surface area contributed by atoms with Crippen molar-refractivity contribution in [2.24, 2.45) is 0 Å². The number of ether oxygens (including phenoxy) is 1.